The highest BCUT2D eigenvalue weighted by Gasteiger charge is 2.16. The first-order valence-corrected chi connectivity index (χ1v) is 5.14. The van der Waals surface area contributed by atoms with Crippen LogP contribution in [0.2, 0.25) is 0 Å². The van der Waals surface area contributed by atoms with E-state index in [2.05, 4.69) is 31.9 Å². The van der Waals surface area contributed by atoms with Gasteiger partial charge in [0.15, 0.2) is 0 Å². The van der Waals surface area contributed by atoms with Crippen LogP contribution >= 0.6 is 0 Å². The maximum atomic E-state index is 5.97. The van der Waals surface area contributed by atoms with Crippen molar-refractivity contribution in [3.63, 3.8) is 0 Å². The summed E-state index contributed by atoms with van der Waals surface area (Å²) in [7, 11) is 2.05. The Morgan fingerprint density at radius 3 is 2.60 bits per heavy atom. The van der Waals surface area contributed by atoms with Gasteiger partial charge in [-0.05, 0) is 28.6 Å². The topological polar surface area (TPSA) is 43.3 Å². The standard InChI is InChI=1S/C11H16BN3/c1-11(2,3)7-4-9-8(12)6-14-15(9)10(13)5-7/h4-6H,12-13H2,1-3H3. The van der Waals surface area contributed by atoms with Crippen LogP contribution in [-0.4, -0.2) is 17.5 Å². The van der Waals surface area contributed by atoms with E-state index < -0.39 is 0 Å². The number of hydrogen-bond donors (Lipinski definition) is 1. The summed E-state index contributed by atoms with van der Waals surface area (Å²) in [6.45, 7) is 6.55. The average molecular weight is 201 g/mol. The Hall–Kier alpha value is -1.45. The van der Waals surface area contributed by atoms with E-state index in [1.54, 1.807) is 4.52 Å². The third-order valence-electron chi connectivity index (χ3n) is 2.71. The molecule has 2 rings (SSSR count). The van der Waals surface area contributed by atoms with E-state index in [-0.39, 0.29) is 5.41 Å². The van der Waals surface area contributed by atoms with Gasteiger partial charge in [-0.15, -0.1) is 0 Å². The van der Waals surface area contributed by atoms with Crippen LogP contribution in [0.3, 0.4) is 0 Å². The van der Waals surface area contributed by atoms with Gasteiger partial charge in [-0.2, -0.15) is 5.10 Å². The first kappa shape index (κ1) is 10.1. The number of rotatable bonds is 0. The van der Waals surface area contributed by atoms with Gasteiger partial charge in [0, 0.05) is 6.20 Å². The Morgan fingerprint density at radius 1 is 1.33 bits per heavy atom. The third-order valence-corrected chi connectivity index (χ3v) is 2.71. The fraction of sp³-hybridized carbons (Fsp3) is 0.364. The van der Waals surface area contributed by atoms with Crippen LogP contribution in [-0.2, 0) is 5.41 Å². The molecule has 0 fully saturated rings. The fourth-order valence-corrected chi connectivity index (χ4v) is 1.66. The lowest BCUT2D eigenvalue weighted by molar-refractivity contribution is 0.590. The second kappa shape index (κ2) is 3.02. The van der Waals surface area contributed by atoms with Gasteiger partial charge in [0.2, 0.25) is 0 Å². The van der Waals surface area contributed by atoms with E-state index in [1.165, 1.54) is 5.56 Å². The van der Waals surface area contributed by atoms with Crippen molar-refractivity contribution in [3.05, 3.63) is 23.9 Å². The molecule has 15 heavy (non-hydrogen) atoms. The van der Waals surface area contributed by atoms with Crippen molar-refractivity contribution in [1.82, 2.24) is 9.61 Å². The quantitative estimate of drug-likeness (QED) is 0.629. The number of nitrogens with zero attached hydrogens (tertiary/aromatic N) is 2. The van der Waals surface area contributed by atoms with Gasteiger partial charge in [-0.25, -0.2) is 4.52 Å². The van der Waals surface area contributed by atoms with Gasteiger partial charge in [-0.3, -0.25) is 0 Å². The Balaban J connectivity index is 2.76. The molecule has 0 atom stereocenters. The number of anilines is 1. The summed E-state index contributed by atoms with van der Waals surface area (Å²) < 4.78 is 1.78. The predicted octanol–water partition coefficient (Wildman–Crippen LogP) is 0.472. The monoisotopic (exact) mass is 201 g/mol. The highest BCUT2D eigenvalue weighted by Crippen LogP contribution is 2.24. The van der Waals surface area contributed by atoms with Crippen molar-refractivity contribution in [2.45, 2.75) is 26.2 Å². The molecule has 3 nitrogen and oxygen atoms in total. The normalized spacial score (nSPS) is 12.2. The molecule has 0 radical (unpaired) electrons. The summed E-state index contributed by atoms with van der Waals surface area (Å²) in [6, 6.07) is 4.16. The Morgan fingerprint density at radius 2 is 2.00 bits per heavy atom. The smallest absolute Gasteiger partial charge is 0.144 e. The van der Waals surface area contributed by atoms with Crippen LogP contribution in [0.4, 0.5) is 5.82 Å². The lowest BCUT2D eigenvalue weighted by atomic mass is 9.86. The molecule has 0 bridgehead atoms. The van der Waals surface area contributed by atoms with E-state index in [4.69, 9.17) is 5.73 Å². The minimum atomic E-state index is 0.118. The van der Waals surface area contributed by atoms with Crippen molar-refractivity contribution in [1.29, 1.82) is 0 Å². The number of nitrogen functional groups attached to an aromatic ring is 1. The van der Waals surface area contributed by atoms with Crippen molar-refractivity contribution >= 4 is 24.6 Å². The number of fused-ring (bicyclic) bond motifs is 1. The largest absolute Gasteiger partial charge is 0.384 e. The predicted molar refractivity (Wildman–Crippen MR) is 66.5 cm³/mol. The molecule has 0 saturated heterocycles. The zero-order valence-electron chi connectivity index (χ0n) is 9.70. The number of aromatic nitrogens is 2. The summed E-state index contributed by atoms with van der Waals surface area (Å²) in [6.07, 6.45) is 1.85. The Kier molecular flexibility index (Phi) is 2.03. The van der Waals surface area contributed by atoms with Crippen LogP contribution in [0.15, 0.2) is 18.3 Å². The van der Waals surface area contributed by atoms with Gasteiger partial charge in [0.1, 0.15) is 13.7 Å². The maximum absolute atomic E-state index is 5.97. The van der Waals surface area contributed by atoms with Crippen molar-refractivity contribution < 1.29 is 0 Å². The zero-order valence-corrected chi connectivity index (χ0v) is 9.70. The minimum absolute atomic E-state index is 0.118. The number of nitrogens with two attached hydrogens (primary N) is 1. The van der Waals surface area contributed by atoms with Crippen LogP contribution < -0.4 is 11.2 Å². The molecule has 0 spiro atoms. The molecule has 2 heterocycles. The van der Waals surface area contributed by atoms with Gasteiger partial charge in [0.25, 0.3) is 0 Å². The summed E-state index contributed by atoms with van der Waals surface area (Å²) in [4.78, 5) is 0. The van der Waals surface area contributed by atoms with Gasteiger partial charge < -0.3 is 5.73 Å². The van der Waals surface area contributed by atoms with Crippen molar-refractivity contribution in [2.24, 2.45) is 0 Å². The molecule has 0 aliphatic rings. The average Bonchev–Trinajstić information content (AvgIpc) is 2.47. The molecule has 4 heteroatoms. The lowest BCUT2D eigenvalue weighted by Gasteiger charge is -2.20. The van der Waals surface area contributed by atoms with Gasteiger partial charge >= 0.3 is 0 Å². The summed E-state index contributed by atoms with van der Waals surface area (Å²) in [5.74, 6) is 0.700. The van der Waals surface area contributed by atoms with Gasteiger partial charge in [0.05, 0.1) is 5.52 Å². The van der Waals surface area contributed by atoms with Crippen molar-refractivity contribution in [3.8, 4) is 0 Å². The molecular weight excluding hydrogens is 185 g/mol. The highest BCUT2D eigenvalue weighted by molar-refractivity contribution is 6.36. The Labute approximate surface area is 90.7 Å². The molecular formula is C11H16BN3. The molecule has 0 aliphatic carbocycles. The first-order chi connectivity index (χ1) is 6.89. The molecule has 2 aromatic heterocycles. The number of pyridine rings is 1. The fourth-order valence-electron chi connectivity index (χ4n) is 1.66. The SMILES string of the molecule is Bc1cnn2c(N)cc(C(C)(C)C)cc12. The molecule has 0 saturated carbocycles. The van der Waals surface area contributed by atoms with E-state index in [0.29, 0.717) is 5.82 Å². The molecule has 78 valence electrons. The summed E-state index contributed by atoms with van der Waals surface area (Å²) in [5, 5.41) is 4.23. The van der Waals surface area contributed by atoms with Crippen LogP contribution in [0.1, 0.15) is 26.3 Å². The second-order valence-corrected chi connectivity index (χ2v) is 5.04. The lowest BCUT2D eigenvalue weighted by Crippen LogP contribution is -2.14. The molecule has 2 N–H and O–H groups in total. The molecule has 2 aromatic rings. The Bertz CT molecular complexity index is 508. The van der Waals surface area contributed by atoms with Crippen LogP contribution in [0, 0.1) is 0 Å². The molecule has 0 unspecified atom stereocenters. The van der Waals surface area contributed by atoms with Crippen molar-refractivity contribution in [2.75, 3.05) is 5.73 Å². The van der Waals surface area contributed by atoms with E-state index in [9.17, 15) is 0 Å². The summed E-state index contributed by atoms with van der Waals surface area (Å²) >= 11 is 0. The van der Waals surface area contributed by atoms with E-state index in [0.717, 1.165) is 11.0 Å². The van der Waals surface area contributed by atoms with Gasteiger partial charge in [-0.1, -0.05) is 20.8 Å². The minimum Gasteiger partial charge on any atom is -0.384 e. The van der Waals surface area contributed by atoms with Crippen LogP contribution in [0.5, 0.6) is 0 Å². The van der Waals surface area contributed by atoms with E-state index >= 15 is 0 Å². The van der Waals surface area contributed by atoms with E-state index in [1.807, 2.05) is 20.1 Å². The maximum Gasteiger partial charge on any atom is 0.144 e. The first-order valence-electron chi connectivity index (χ1n) is 5.14. The van der Waals surface area contributed by atoms with Crippen LogP contribution in [0.25, 0.3) is 5.52 Å². The molecule has 0 aromatic carbocycles. The summed E-state index contributed by atoms with van der Waals surface area (Å²) in [5.41, 5.74) is 9.59. The third kappa shape index (κ3) is 1.60. The molecule has 0 amide bonds. The zero-order chi connectivity index (χ0) is 11.2. The molecule has 0 aliphatic heterocycles. The number of hydrogen-bond acceptors (Lipinski definition) is 2. The second-order valence-electron chi connectivity index (χ2n) is 5.04. The highest BCUT2D eigenvalue weighted by atomic mass is 15.2.